The normalized spacial score (nSPS) is 15.6. The van der Waals surface area contributed by atoms with Gasteiger partial charge in [-0.1, -0.05) is 27.4 Å². The maximum absolute atomic E-state index is 14.1. The molecule has 0 aromatic heterocycles. The summed E-state index contributed by atoms with van der Waals surface area (Å²) < 4.78 is 56.0. The van der Waals surface area contributed by atoms with Gasteiger partial charge in [0.2, 0.25) is 6.29 Å². The van der Waals surface area contributed by atoms with E-state index in [4.69, 9.17) is 14.0 Å². The predicted molar refractivity (Wildman–Crippen MR) is 95.2 cm³/mol. The lowest BCUT2D eigenvalue weighted by Gasteiger charge is -2.29. The molecule has 9 heteroatoms. The number of alkyl halides is 1. The third-order valence-corrected chi connectivity index (χ3v) is 4.67. The Kier molecular flexibility index (Phi) is 6.92. The second-order valence-corrected chi connectivity index (χ2v) is 8.35. The van der Waals surface area contributed by atoms with E-state index in [0.717, 1.165) is 0 Å². The van der Waals surface area contributed by atoms with Crippen molar-refractivity contribution in [2.75, 3.05) is 13.7 Å². The van der Waals surface area contributed by atoms with Crippen LogP contribution in [0.2, 0.25) is 0 Å². The Morgan fingerprint density at radius 1 is 1.35 bits per heavy atom. The van der Waals surface area contributed by atoms with Gasteiger partial charge in [0.1, 0.15) is 5.75 Å². The minimum atomic E-state index is -5.06. The molecule has 7 nitrogen and oxygen atoms in total. The van der Waals surface area contributed by atoms with Crippen LogP contribution in [0.25, 0.3) is 0 Å². The number of hydrogen-bond acceptors (Lipinski definition) is 5. The molecular weight excluding hydrogens is 365 g/mol. The van der Waals surface area contributed by atoms with Crippen molar-refractivity contribution in [3.05, 3.63) is 42.5 Å². The van der Waals surface area contributed by atoms with Crippen molar-refractivity contribution >= 4 is 16.0 Å². The van der Waals surface area contributed by atoms with E-state index in [-0.39, 0.29) is 11.0 Å². The van der Waals surface area contributed by atoms with Crippen LogP contribution >= 0.6 is 0 Å². The van der Waals surface area contributed by atoms with Gasteiger partial charge in [-0.05, 0) is 30.3 Å². The average molecular weight is 389 g/mol. The first-order valence-electron chi connectivity index (χ1n) is 7.71. The summed E-state index contributed by atoms with van der Waals surface area (Å²) in [6.45, 7) is 7.89. The standard InChI is InChI=1S/C17H24FNO6S/c1-6-17(18,26(21,22)23)11-19-14(20)12-7-9-13(10-8-12)25-15(24-5)16(2,3)4/h6-10,15H,1,11H2,2-5H3,(H,19,20)(H,21,22,23). The van der Waals surface area contributed by atoms with E-state index in [1.165, 1.54) is 31.4 Å². The molecule has 2 N–H and O–H groups in total. The number of nitrogens with one attached hydrogen (secondary N) is 1. The van der Waals surface area contributed by atoms with Gasteiger partial charge >= 0.3 is 10.1 Å². The number of amides is 1. The summed E-state index contributed by atoms with van der Waals surface area (Å²) in [4.78, 5) is 12.0. The highest BCUT2D eigenvalue weighted by Crippen LogP contribution is 2.25. The Morgan fingerprint density at radius 3 is 2.27 bits per heavy atom. The van der Waals surface area contributed by atoms with Crippen LogP contribution in [0.1, 0.15) is 31.1 Å². The van der Waals surface area contributed by atoms with E-state index in [1.807, 2.05) is 20.8 Å². The minimum absolute atomic E-state index is 0.156. The summed E-state index contributed by atoms with van der Waals surface area (Å²) in [6, 6.07) is 5.93. The second-order valence-electron chi connectivity index (χ2n) is 6.72. The van der Waals surface area contributed by atoms with Crippen LogP contribution in [0.15, 0.2) is 36.9 Å². The summed E-state index contributed by atoms with van der Waals surface area (Å²) in [5.74, 6) is -0.254. The van der Waals surface area contributed by atoms with Crippen molar-refractivity contribution in [3.63, 3.8) is 0 Å². The van der Waals surface area contributed by atoms with Crippen LogP contribution in [0.4, 0.5) is 4.39 Å². The highest BCUT2D eigenvalue weighted by atomic mass is 32.2. The fraction of sp³-hybridized carbons (Fsp3) is 0.471. The van der Waals surface area contributed by atoms with E-state index in [2.05, 4.69) is 11.9 Å². The lowest BCUT2D eigenvalue weighted by Crippen LogP contribution is -2.43. The molecule has 1 rings (SSSR count). The van der Waals surface area contributed by atoms with Crippen molar-refractivity contribution in [1.82, 2.24) is 5.32 Å². The summed E-state index contributed by atoms with van der Waals surface area (Å²) in [5, 5.41) is -1.06. The minimum Gasteiger partial charge on any atom is -0.464 e. The maximum Gasteiger partial charge on any atom is 0.306 e. The number of rotatable bonds is 8. The van der Waals surface area contributed by atoms with Crippen molar-refractivity contribution < 1.29 is 31.6 Å². The quantitative estimate of drug-likeness (QED) is 0.402. The first kappa shape index (κ1) is 22.1. The first-order valence-corrected chi connectivity index (χ1v) is 9.15. The van der Waals surface area contributed by atoms with Crippen LogP contribution in [0, 0.1) is 5.41 Å². The molecule has 26 heavy (non-hydrogen) atoms. The molecule has 1 aromatic rings. The topological polar surface area (TPSA) is 102 Å². The Hall–Kier alpha value is -1.97. The van der Waals surface area contributed by atoms with Crippen molar-refractivity contribution in [2.45, 2.75) is 32.1 Å². The van der Waals surface area contributed by atoms with Crippen molar-refractivity contribution in [3.8, 4) is 5.75 Å². The van der Waals surface area contributed by atoms with E-state index in [1.54, 1.807) is 0 Å². The maximum atomic E-state index is 14.1. The smallest absolute Gasteiger partial charge is 0.306 e. The lowest BCUT2D eigenvalue weighted by atomic mass is 9.96. The molecule has 0 aliphatic rings. The van der Waals surface area contributed by atoms with Crippen LogP contribution in [0.5, 0.6) is 5.75 Å². The molecule has 0 aliphatic heterocycles. The largest absolute Gasteiger partial charge is 0.464 e. The SMILES string of the molecule is C=CC(F)(CNC(=O)c1ccc(OC(OC)C(C)(C)C)cc1)S(=O)(=O)O. The summed E-state index contributed by atoms with van der Waals surface area (Å²) >= 11 is 0. The Labute approximate surface area is 152 Å². The van der Waals surface area contributed by atoms with Gasteiger partial charge in [0.05, 0.1) is 6.54 Å². The van der Waals surface area contributed by atoms with Crippen LogP contribution in [0.3, 0.4) is 0 Å². The third kappa shape index (κ3) is 5.52. The molecule has 0 aliphatic carbocycles. The second kappa shape index (κ2) is 8.15. The van der Waals surface area contributed by atoms with E-state index in [0.29, 0.717) is 11.8 Å². The summed E-state index contributed by atoms with van der Waals surface area (Å²) in [7, 11) is -3.54. The molecular formula is C17H24FNO6S. The fourth-order valence-electron chi connectivity index (χ4n) is 1.96. The van der Waals surface area contributed by atoms with Gasteiger partial charge in [0, 0.05) is 18.1 Å². The molecule has 0 spiro atoms. The molecule has 0 heterocycles. The zero-order chi connectivity index (χ0) is 20.2. The number of methoxy groups -OCH3 is 1. The average Bonchev–Trinajstić information content (AvgIpc) is 2.55. The number of benzene rings is 1. The van der Waals surface area contributed by atoms with Gasteiger partial charge < -0.3 is 14.8 Å². The lowest BCUT2D eigenvalue weighted by molar-refractivity contribution is -0.120. The molecule has 146 valence electrons. The number of halogens is 1. The molecule has 0 fully saturated rings. The molecule has 0 saturated heterocycles. The number of carbonyl (C=O) groups is 1. The number of ether oxygens (including phenoxy) is 2. The van der Waals surface area contributed by atoms with Gasteiger partial charge in [0.25, 0.3) is 10.9 Å². The van der Waals surface area contributed by atoms with Gasteiger partial charge in [-0.15, -0.1) is 0 Å². The van der Waals surface area contributed by atoms with Gasteiger partial charge in [-0.2, -0.15) is 8.42 Å². The third-order valence-electron chi connectivity index (χ3n) is 3.50. The van der Waals surface area contributed by atoms with Crippen LogP contribution in [-0.4, -0.2) is 43.8 Å². The molecule has 0 bridgehead atoms. The van der Waals surface area contributed by atoms with Gasteiger partial charge in [0.15, 0.2) is 0 Å². The zero-order valence-corrected chi connectivity index (χ0v) is 16.0. The van der Waals surface area contributed by atoms with Gasteiger partial charge in [-0.25, -0.2) is 4.39 Å². The number of carbonyl (C=O) groups excluding carboxylic acids is 1. The van der Waals surface area contributed by atoms with Crippen molar-refractivity contribution in [2.24, 2.45) is 5.41 Å². The highest BCUT2D eigenvalue weighted by molar-refractivity contribution is 7.87. The molecule has 0 radical (unpaired) electrons. The first-order chi connectivity index (χ1) is 11.8. The predicted octanol–water partition coefficient (Wildman–Crippen LogP) is 2.55. The molecule has 2 unspecified atom stereocenters. The zero-order valence-electron chi connectivity index (χ0n) is 15.2. The molecule has 1 amide bonds. The molecule has 2 atom stereocenters. The highest BCUT2D eigenvalue weighted by Gasteiger charge is 2.40. The Morgan fingerprint density at radius 2 is 1.88 bits per heavy atom. The summed E-state index contributed by atoms with van der Waals surface area (Å²) in [6.07, 6.45) is -0.0894. The van der Waals surface area contributed by atoms with Gasteiger partial charge in [-0.3, -0.25) is 9.35 Å². The molecule has 1 aromatic carbocycles. The number of hydrogen-bond donors (Lipinski definition) is 2. The van der Waals surface area contributed by atoms with Crippen molar-refractivity contribution in [1.29, 1.82) is 0 Å². The van der Waals surface area contributed by atoms with E-state index in [9.17, 15) is 17.6 Å². The fourth-order valence-corrected chi connectivity index (χ4v) is 2.42. The van der Waals surface area contributed by atoms with E-state index >= 15 is 0 Å². The monoisotopic (exact) mass is 389 g/mol. The van der Waals surface area contributed by atoms with E-state index < -0.39 is 33.9 Å². The Bertz CT molecular complexity index is 742. The molecule has 0 saturated carbocycles. The summed E-state index contributed by atoms with van der Waals surface area (Å²) in [5.41, 5.74) is -0.112. The van der Waals surface area contributed by atoms with Crippen LogP contribution in [-0.2, 0) is 14.9 Å². The Balaban J connectivity index is 2.80. The van der Waals surface area contributed by atoms with Crippen LogP contribution < -0.4 is 10.1 Å².